The third kappa shape index (κ3) is 2.29. The first-order valence-corrected chi connectivity index (χ1v) is 6.82. The second-order valence-electron chi connectivity index (χ2n) is 4.19. The third-order valence-corrected chi connectivity index (χ3v) is 3.84. The molecule has 2 nitrogen and oxygen atoms in total. The molecule has 1 aliphatic heterocycles. The second kappa shape index (κ2) is 4.80. The maximum absolute atomic E-state index is 5.90. The van der Waals surface area contributed by atoms with Crippen molar-refractivity contribution in [1.29, 1.82) is 0 Å². The van der Waals surface area contributed by atoms with Crippen LogP contribution in [0.5, 0.6) is 5.75 Å². The van der Waals surface area contributed by atoms with E-state index >= 15 is 0 Å². The Morgan fingerprint density at radius 2 is 2.24 bits per heavy atom. The van der Waals surface area contributed by atoms with Crippen molar-refractivity contribution < 1.29 is 4.74 Å². The highest BCUT2D eigenvalue weighted by Crippen LogP contribution is 2.32. The van der Waals surface area contributed by atoms with Crippen LogP contribution < -0.4 is 10.1 Å². The van der Waals surface area contributed by atoms with Gasteiger partial charge in [-0.2, -0.15) is 0 Å². The van der Waals surface area contributed by atoms with E-state index in [1.165, 1.54) is 22.5 Å². The molecule has 2 aromatic rings. The van der Waals surface area contributed by atoms with Crippen molar-refractivity contribution in [1.82, 2.24) is 0 Å². The Labute approximate surface area is 105 Å². The van der Waals surface area contributed by atoms with Crippen molar-refractivity contribution in [3.8, 4) is 5.75 Å². The lowest BCUT2D eigenvalue weighted by Gasteiger charge is -2.20. The summed E-state index contributed by atoms with van der Waals surface area (Å²) in [6.07, 6.45) is 2.36. The van der Waals surface area contributed by atoms with Crippen LogP contribution in [0.15, 0.2) is 35.7 Å². The van der Waals surface area contributed by atoms with Gasteiger partial charge in [0.1, 0.15) is 12.4 Å². The largest absolute Gasteiger partial charge is 0.486 e. The van der Waals surface area contributed by atoms with E-state index < -0.39 is 0 Å². The van der Waals surface area contributed by atoms with Crippen LogP contribution in [0.3, 0.4) is 0 Å². The van der Waals surface area contributed by atoms with Gasteiger partial charge in [-0.25, -0.2) is 0 Å². The molecule has 0 fully saturated rings. The molecule has 1 aliphatic rings. The van der Waals surface area contributed by atoms with Gasteiger partial charge in [-0.05, 0) is 35.9 Å². The zero-order chi connectivity index (χ0) is 11.5. The Morgan fingerprint density at radius 3 is 3.12 bits per heavy atom. The number of benzene rings is 1. The molecule has 3 heteroatoms. The van der Waals surface area contributed by atoms with E-state index in [2.05, 4.69) is 35.0 Å². The van der Waals surface area contributed by atoms with E-state index in [-0.39, 0.29) is 0 Å². The Morgan fingerprint density at radius 1 is 1.24 bits per heavy atom. The number of hydrogen-bond donors (Lipinski definition) is 1. The standard InChI is InChI=1S/C14H15NOS/c1-4-11-5-2-8-15-14(11)13(7-1)16-10-12-6-3-9-17-12/h1,3-4,6-7,9,15H,2,5,8,10H2. The van der Waals surface area contributed by atoms with Crippen molar-refractivity contribution in [3.63, 3.8) is 0 Å². The molecule has 1 aromatic heterocycles. The van der Waals surface area contributed by atoms with Crippen molar-refractivity contribution in [2.24, 2.45) is 0 Å². The van der Waals surface area contributed by atoms with Gasteiger partial charge >= 0.3 is 0 Å². The average molecular weight is 245 g/mol. The molecule has 1 aromatic carbocycles. The molecule has 3 rings (SSSR count). The summed E-state index contributed by atoms with van der Waals surface area (Å²) in [4.78, 5) is 1.26. The average Bonchev–Trinajstić information content (AvgIpc) is 2.89. The van der Waals surface area contributed by atoms with Gasteiger partial charge in [-0.3, -0.25) is 0 Å². The van der Waals surface area contributed by atoms with Gasteiger partial charge in [0.15, 0.2) is 0 Å². The topological polar surface area (TPSA) is 21.3 Å². The van der Waals surface area contributed by atoms with Gasteiger partial charge in [0, 0.05) is 11.4 Å². The molecule has 0 amide bonds. The van der Waals surface area contributed by atoms with E-state index in [4.69, 9.17) is 4.74 Å². The molecule has 0 saturated heterocycles. The van der Waals surface area contributed by atoms with Gasteiger partial charge in [0.25, 0.3) is 0 Å². The quantitative estimate of drug-likeness (QED) is 0.890. The van der Waals surface area contributed by atoms with Crippen LogP contribution in [0.25, 0.3) is 0 Å². The molecule has 0 saturated carbocycles. The monoisotopic (exact) mass is 245 g/mol. The fourth-order valence-corrected chi connectivity index (χ4v) is 2.76. The summed E-state index contributed by atoms with van der Waals surface area (Å²) >= 11 is 1.73. The summed E-state index contributed by atoms with van der Waals surface area (Å²) in [6.45, 7) is 1.71. The maximum atomic E-state index is 5.90. The first kappa shape index (κ1) is 10.7. The van der Waals surface area contributed by atoms with Crippen molar-refractivity contribution >= 4 is 17.0 Å². The van der Waals surface area contributed by atoms with Crippen molar-refractivity contribution in [2.45, 2.75) is 19.4 Å². The number of nitrogens with one attached hydrogen (secondary N) is 1. The smallest absolute Gasteiger partial charge is 0.143 e. The fraction of sp³-hybridized carbons (Fsp3) is 0.286. The first-order valence-electron chi connectivity index (χ1n) is 5.94. The SMILES string of the molecule is c1csc(COc2cccc3c2NCCC3)c1. The van der Waals surface area contributed by atoms with Gasteiger partial charge in [0.05, 0.1) is 5.69 Å². The van der Waals surface area contributed by atoms with Gasteiger partial charge in [0.2, 0.25) is 0 Å². The lowest BCUT2D eigenvalue weighted by molar-refractivity contribution is 0.310. The zero-order valence-corrected chi connectivity index (χ0v) is 10.4. The molecule has 0 spiro atoms. The Kier molecular flexibility index (Phi) is 3.01. The first-order chi connectivity index (χ1) is 8.43. The number of thiophene rings is 1. The van der Waals surface area contributed by atoms with Crippen LogP contribution in [0.2, 0.25) is 0 Å². The number of para-hydroxylation sites is 1. The highest BCUT2D eigenvalue weighted by molar-refractivity contribution is 7.09. The lowest BCUT2D eigenvalue weighted by Crippen LogP contribution is -2.12. The summed E-state index contributed by atoms with van der Waals surface area (Å²) in [5.41, 5.74) is 2.57. The summed E-state index contributed by atoms with van der Waals surface area (Å²) in [5.74, 6) is 0.982. The molecule has 0 bridgehead atoms. The molecule has 0 radical (unpaired) electrons. The summed E-state index contributed by atoms with van der Waals surface area (Å²) in [5, 5.41) is 5.52. The molecule has 1 N–H and O–H groups in total. The number of rotatable bonds is 3. The van der Waals surface area contributed by atoms with E-state index in [1.807, 2.05) is 6.07 Å². The molecular weight excluding hydrogens is 230 g/mol. The van der Waals surface area contributed by atoms with E-state index in [0.717, 1.165) is 18.7 Å². The minimum absolute atomic E-state index is 0.662. The van der Waals surface area contributed by atoms with E-state index in [1.54, 1.807) is 11.3 Å². The number of hydrogen-bond acceptors (Lipinski definition) is 3. The predicted molar refractivity (Wildman–Crippen MR) is 71.9 cm³/mol. The van der Waals surface area contributed by atoms with Crippen LogP contribution >= 0.6 is 11.3 Å². The highest BCUT2D eigenvalue weighted by Gasteiger charge is 2.13. The number of anilines is 1. The molecular formula is C14H15NOS. The van der Waals surface area contributed by atoms with E-state index in [9.17, 15) is 0 Å². The summed E-state index contributed by atoms with van der Waals surface area (Å²) < 4.78 is 5.90. The van der Waals surface area contributed by atoms with Crippen LogP contribution in [-0.2, 0) is 13.0 Å². The Bertz CT molecular complexity index is 493. The lowest BCUT2D eigenvalue weighted by atomic mass is 10.0. The molecule has 0 aliphatic carbocycles. The van der Waals surface area contributed by atoms with Crippen molar-refractivity contribution in [3.05, 3.63) is 46.2 Å². The zero-order valence-electron chi connectivity index (χ0n) is 9.61. The maximum Gasteiger partial charge on any atom is 0.143 e. The fourth-order valence-electron chi connectivity index (χ4n) is 2.14. The molecule has 0 unspecified atom stereocenters. The Hall–Kier alpha value is -1.48. The van der Waals surface area contributed by atoms with Crippen LogP contribution in [-0.4, -0.2) is 6.54 Å². The van der Waals surface area contributed by atoms with Crippen LogP contribution in [0.1, 0.15) is 16.9 Å². The van der Waals surface area contributed by atoms with Crippen molar-refractivity contribution in [2.75, 3.05) is 11.9 Å². The normalized spacial score (nSPS) is 13.9. The second-order valence-corrected chi connectivity index (χ2v) is 5.22. The number of aryl methyl sites for hydroxylation is 1. The summed E-state index contributed by atoms with van der Waals surface area (Å²) in [7, 11) is 0. The molecule has 2 heterocycles. The third-order valence-electron chi connectivity index (χ3n) is 2.99. The minimum atomic E-state index is 0.662. The van der Waals surface area contributed by atoms with E-state index in [0.29, 0.717) is 6.61 Å². The van der Waals surface area contributed by atoms with Gasteiger partial charge in [-0.15, -0.1) is 11.3 Å². The highest BCUT2D eigenvalue weighted by atomic mass is 32.1. The Balaban J connectivity index is 1.78. The molecule has 17 heavy (non-hydrogen) atoms. The van der Waals surface area contributed by atoms with Crippen LogP contribution in [0, 0.1) is 0 Å². The molecule has 0 atom stereocenters. The van der Waals surface area contributed by atoms with Gasteiger partial charge < -0.3 is 10.1 Å². The van der Waals surface area contributed by atoms with Crippen LogP contribution in [0.4, 0.5) is 5.69 Å². The van der Waals surface area contributed by atoms with Gasteiger partial charge in [-0.1, -0.05) is 18.2 Å². The number of ether oxygens (including phenoxy) is 1. The summed E-state index contributed by atoms with van der Waals surface area (Å²) in [6, 6.07) is 10.5. The molecule has 88 valence electrons. The minimum Gasteiger partial charge on any atom is -0.486 e. The predicted octanol–water partition coefficient (Wildman–Crippen LogP) is 3.69. The number of fused-ring (bicyclic) bond motifs is 1.